The number of carbonyl (C=O) groups is 1. The summed E-state index contributed by atoms with van der Waals surface area (Å²) in [5.74, 6) is 0.0598. The van der Waals surface area contributed by atoms with Crippen molar-refractivity contribution in [2.75, 3.05) is 13.1 Å². The summed E-state index contributed by atoms with van der Waals surface area (Å²) in [6, 6.07) is 6.15. The number of nitrogens with one attached hydrogen (secondary N) is 2. The highest BCUT2D eigenvalue weighted by molar-refractivity contribution is 5.94. The molecule has 2 N–H and O–H groups in total. The molecule has 1 aromatic carbocycles. The highest BCUT2D eigenvalue weighted by Gasteiger charge is 2.28. The van der Waals surface area contributed by atoms with Gasteiger partial charge in [0.15, 0.2) is 0 Å². The average molecular weight is 258 g/mol. The predicted octanol–water partition coefficient (Wildman–Crippen LogP) is 2.05. The van der Waals surface area contributed by atoms with Gasteiger partial charge in [-0.1, -0.05) is 6.07 Å². The van der Waals surface area contributed by atoms with Crippen molar-refractivity contribution in [2.45, 2.75) is 44.6 Å². The molecule has 3 nitrogen and oxygen atoms in total. The number of carbonyl (C=O) groups excluding carboxylic acids is 1. The van der Waals surface area contributed by atoms with Crippen LogP contribution in [0, 0.1) is 0 Å². The van der Waals surface area contributed by atoms with Crippen LogP contribution in [-0.2, 0) is 12.8 Å². The Labute approximate surface area is 114 Å². The summed E-state index contributed by atoms with van der Waals surface area (Å²) >= 11 is 0. The Kier molecular flexibility index (Phi) is 3.31. The van der Waals surface area contributed by atoms with Gasteiger partial charge in [-0.3, -0.25) is 4.79 Å². The van der Waals surface area contributed by atoms with Crippen molar-refractivity contribution in [3.8, 4) is 0 Å². The number of hydrogen-bond acceptors (Lipinski definition) is 2. The van der Waals surface area contributed by atoms with Crippen LogP contribution in [0.15, 0.2) is 18.2 Å². The normalized spacial score (nSPS) is 25.3. The van der Waals surface area contributed by atoms with E-state index in [1.807, 2.05) is 6.07 Å². The Hall–Kier alpha value is -1.35. The molecule has 0 radical (unpaired) electrons. The average Bonchev–Trinajstić information content (AvgIpc) is 3.04. The quantitative estimate of drug-likeness (QED) is 0.871. The van der Waals surface area contributed by atoms with Crippen molar-refractivity contribution in [3.63, 3.8) is 0 Å². The van der Waals surface area contributed by atoms with Crippen LogP contribution in [0.4, 0.5) is 0 Å². The van der Waals surface area contributed by atoms with E-state index in [-0.39, 0.29) is 11.4 Å². The van der Waals surface area contributed by atoms with Gasteiger partial charge in [0, 0.05) is 17.6 Å². The summed E-state index contributed by atoms with van der Waals surface area (Å²) in [5, 5.41) is 6.54. The number of fused-ring (bicyclic) bond motifs is 1. The fourth-order valence-electron chi connectivity index (χ4n) is 3.20. The number of rotatable bonds is 3. The molecule has 1 atom stereocenters. The minimum Gasteiger partial charge on any atom is -0.350 e. The molecule has 1 amide bonds. The molecule has 1 heterocycles. The molecule has 1 fully saturated rings. The SMILES string of the molecule is CC1(CNC(=O)c2ccc3c(c2)CCC3)CCCN1. The molecule has 102 valence electrons. The Morgan fingerprint density at radius 1 is 1.32 bits per heavy atom. The van der Waals surface area contributed by atoms with Crippen LogP contribution in [0.1, 0.15) is 47.7 Å². The Morgan fingerprint density at radius 3 is 2.95 bits per heavy atom. The first kappa shape index (κ1) is 12.7. The van der Waals surface area contributed by atoms with Gasteiger partial charge in [0.05, 0.1) is 0 Å². The molecular weight excluding hydrogens is 236 g/mol. The van der Waals surface area contributed by atoms with E-state index in [1.54, 1.807) is 0 Å². The van der Waals surface area contributed by atoms with Gasteiger partial charge in [-0.2, -0.15) is 0 Å². The van der Waals surface area contributed by atoms with E-state index in [2.05, 4.69) is 29.7 Å². The molecule has 0 aromatic heterocycles. The zero-order valence-corrected chi connectivity index (χ0v) is 11.6. The van der Waals surface area contributed by atoms with Gasteiger partial charge in [0.25, 0.3) is 5.91 Å². The van der Waals surface area contributed by atoms with Crippen LogP contribution < -0.4 is 10.6 Å². The van der Waals surface area contributed by atoms with E-state index >= 15 is 0 Å². The third kappa shape index (κ3) is 2.66. The lowest BCUT2D eigenvalue weighted by atomic mass is 10.00. The molecule has 0 saturated carbocycles. The van der Waals surface area contributed by atoms with Crippen molar-refractivity contribution in [2.24, 2.45) is 0 Å². The Bertz CT molecular complexity index is 490. The van der Waals surface area contributed by atoms with Gasteiger partial charge in [-0.25, -0.2) is 0 Å². The maximum Gasteiger partial charge on any atom is 0.251 e. The minimum atomic E-state index is 0.0598. The van der Waals surface area contributed by atoms with Crippen LogP contribution in [0.3, 0.4) is 0 Å². The van der Waals surface area contributed by atoms with Crippen molar-refractivity contribution < 1.29 is 4.79 Å². The summed E-state index contributed by atoms with van der Waals surface area (Å²) < 4.78 is 0. The van der Waals surface area contributed by atoms with Crippen LogP contribution in [-0.4, -0.2) is 24.5 Å². The number of hydrogen-bond donors (Lipinski definition) is 2. The van der Waals surface area contributed by atoms with E-state index < -0.39 is 0 Å². The highest BCUT2D eigenvalue weighted by atomic mass is 16.1. The molecule has 1 aromatic rings. The zero-order chi connectivity index (χ0) is 13.3. The smallest absolute Gasteiger partial charge is 0.251 e. The van der Waals surface area contributed by atoms with E-state index in [4.69, 9.17) is 0 Å². The molecule has 0 bridgehead atoms. The van der Waals surface area contributed by atoms with Gasteiger partial charge in [0.1, 0.15) is 0 Å². The summed E-state index contributed by atoms with van der Waals surface area (Å²) in [6.07, 6.45) is 5.85. The zero-order valence-electron chi connectivity index (χ0n) is 11.6. The van der Waals surface area contributed by atoms with E-state index in [1.165, 1.54) is 30.4 Å². The predicted molar refractivity (Wildman–Crippen MR) is 76.4 cm³/mol. The number of amides is 1. The summed E-state index contributed by atoms with van der Waals surface area (Å²) in [4.78, 5) is 12.2. The van der Waals surface area contributed by atoms with E-state index in [9.17, 15) is 4.79 Å². The molecule has 1 unspecified atom stereocenters. The first-order chi connectivity index (χ1) is 9.16. The first-order valence-electron chi connectivity index (χ1n) is 7.31. The lowest BCUT2D eigenvalue weighted by Crippen LogP contribution is -2.47. The standard InChI is InChI=1S/C16H22N2O/c1-16(8-3-9-18-16)11-17-15(19)14-7-6-12-4-2-5-13(12)10-14/h6-7,10,18H,2-5,8-9,11H2,1H3,(H,17,19). The summed E-state index contributed by atoms with van der Waals surface area (Å²) in [5.41, 5.74) is 3.66. The van der Waals surface area contributed by atoms with Crippen molar-refractivity contribution in [1.82, 2.24) is 10.6 Å². The Morgan fingerprint density at radius 2 is 2.16 bits per heavy atom. The lowest BCUT2D eigenvalue weighted by molar-refractivity contribution is 0.0942. The summed E-state index contributed by atoms with van der Waals surface area (Å²) in [6.45, 7) is 3.96. The maximum atomic E-state index is 12.2. The second kappa shape index (κ2) is 4.97. The van der Waals surface area contributed by atoms with Gasteiger partial charge in [-0.05, 0) is 68.8 Å². The van der Waals surface area contributed by atoms with Crippen LogP contribution in [0.5, 0.6) is 0 Å². The maximum absolute atomic E-state index is 12.2. The molecule has 19 heavy (non-hydrogen) atoms. The Balaban J connectivity index is 1.64. The number of aryl methyl sites for hydroxylation is 2. The van der Waals surface area contributed by atoms with Crippen molar-refractivity contribution >= 4 is 5.91 Å². The minimum absolute atomic E-state index is 0.0598. The second-order valence-electron chi connectivity index (χ2n) is 6.11. The van der Waals surface area contributed by atoms with Gasteiger partial charge in [-0.15, -0.1) is 0 Å². The molecule has 1 aliphatic heterocycles. The molecule has 2 aliphatic rings. The highest BCUT2D eigenvalue weighted by Crippen LogP contribution is 2.23. The molecule has 1 aliphatic carbocycles. The van der Waals surface area contributed by atoms with Crippen LogP contribution in [0.25, 0.3) is 0 Å². The largest absolute Gasteiger partial charge is 0.350 e. The van der Waals surface area contributed by atoms with Gasteiger partial charge in [0.2, 0.25) is 0 Å². The fraction of sp³-hybridized carbons (Fsp3) is 0.562. The molecular formula is C16H22N2O. The number of benzene rings is 1. The molecule has 3 rings (SSSR count). The molecule has 3 heteroatoms. The first-order valence-corrected chi connectivity index (χ1v) is 7.31. The van der Waals surface area contributed by atoms with Gasteiger partial charge < -0.3 is 10.6 Å². The van der Waals surface area contributed by atoms with Crippen molar-refractivity contribution in [3.05, 3.63) is 34.9 Å². The van der Waals surface area contributed by atoms with E-state index in [0.29, 0.717) is 6.54 Å². The van der Waals surface area contributed by atoms with Gasteiger partial charge >= 0.3 is 0 Å². The van der Waals surface area contributed by atoms with E-state index in [0.717, 1.165) is 24.9 Å². The summed E-state index contributed by atoms with van der Waals surface area (Å²) in [7, 11) is 0. The third-order valence-electron chi connectivity index (χ3n) is 4.46. The topological polar surface area (TPSA) is 41.1 Å². The second-order valence-corrected chi connectivity index (χ2v) is 6.11. The van der Waals surface area contributed by atoms with Crippen molar-refractivity contribution in [1.29, 1.82) is 0 Å². The van der Waals surface area contributed by atoms with Crippen LogP contribution in [0.2, 0.25) is 0 Å². The third-order valence-corrected chi connectivity index (χ3v) is 4.46. The molecule has 0 spiro atoms. The van der Waals surface area contributed by atoms with Crippen LogP contribution >= 0.6 is 0 Å². The lowest BCUT2D eigenvalue weighted by Gasteiger charge is -2.24. The monoisotopic (exact) mass is 258 g/mol. The molecule has 1 saturated heterocycles. The fourth-order valence-corrected chi connectivity index (χ4v) is 3.20.